The van der Waals surface area contributed by atoms with Crippen molar-refractivity contribution in [3.8, 4) is 0 Å². The second-order valence-electron chi connectivity index (χ2n) is 4.02. The zero-order chi connectivity index (χ0) is 12.5. The van der Waals surface area contributed by atoms with Gasteiger partial charge in [-0.3, -0.25) is 4.79 Å². The Balaban J connectivity index is 2.12. The van der Waals surface area contributed by atoms with Gasteiger partial charge in [-0.2, -0.15) is 0 Å². The molecule has 0 bridgehead atoms. The van der Waals surface area contributed by atoms with Gasteiger partial charge in [0.2, 0.25) is 5.91 Å². The van der Waals surface area contributed by atoms with Crippen LogP contribution in [-0.4, -0.2) is 25.7 Å². The topological polar surface area (TPSA) is 38.3 Å². The quantitative estimate of drug-likeness (QED) is 0.577. The van der Waals surface area contributed by atoms with E-state index in [9.17, 15) is 4.79 Å². The molecule has 0 saturated heterocycles. The van der Waals surface area contributed by atoms with Gasteiger partial charge in [0.1, 0.15) is 0 Å². The highest BCUT2D eigenvalue weighted by Crippen LogP contribution is 1.98. The highest BCUT2D eigenvalue weighted by atomic mass is 16.5. The van der Waals surface area contributed by atoms with Crippen molar-refractivity contribution >= 4 is 5.91 Å². The molecular formula is C14H19NO2. The van der Waals surface area contributed by atoms with Crippen LogP contribution >= 0.6 is 0 Å². The first-order valence-electron chi connectivity index (χ1n) is 5.71. The largest absolute Gasteiger partial charge is 0.375 e. The molecule has 1 rings (SSSR count). The zero-order valence-corrected chi connectivity index (χ0v) is 10.2. The first kappa shape index (κ1) is 13.5. The maximum Gasteiger partial charge on any atom is 0.224 e. The lowest BCUT2D eigenvalue weighted by molar-refractivity contribution is -0.120. The number of carbonyl (C=O) groups excluding carboxylic acids is 1. The normalized spacial score (nSPS) is 9.94. The third kappa shape index (κ3) is 6.53. The van der Waals surface area contributed by atoms with Crippen LogP contribution in [0.1, 0.15) is 12.5 Å². The molecule has 1 aromatic rings. The van der Waals surface area contributed by atoms with Crippen LogP contribution < -0.4 is 5.32 Å². The predicted molar refractivity (Wildman–Crippen MR) is 68.8 cm³/mol. The summed E-state index contributed by atoms with van der Waals surface area (Å²) in [6, 6.07) is 9.68. The Kier molecular flexibility index (Phi) is 6.04. The minimum absolute atomic E-state index is 0.0233. The Labute approximate surface area is 102 Å². The molecule has 0 radical (unpaired) electrons. The molecule has 17 heavy (non-hydrogen) atoms. The minimum atomic E-state index is 0.0233. The van der Waals surface area contributed by atoms with Gasteiger partial charge < -0.3 is 10.1 Å². The molecule has 0 aliphatic rings. The van der Waals surface area contributed by atoms with Gasteiger partial charge in [0, 0.05) is 6.54 Å². The molecule has 0 unspecified atom stereocenters. The van der Waals surface area contributed by atoms with Gasteiger partial charge in [0.15, 0.2) is 0 Å². The molecule has 3 nitrogen and oxygen atoms in total. The molecule has 3 heteroatoms. The number of ether oxygens (including phenoxy) is 1. The van der Waals surface area contributed by atoms with Crippen LogP contribution in [0.15, 0.2) is 42.5 Å². The summed E-state index contributed by atoms with van der Waals surface area (Å²) in [4.78, 5) is 11.5. The van der Waals surface area contributed by atoms with Crippen molar-refractivity contribution in [1.82, 2.24) is 5.32 Å². The molecule has 0 aliphatic carbocycles. The van der Waals surface area contributed by atoms with Crippen LogP contribution in [0, 0.1) is 0 Å². The number of benzene rings is 1. The van der Waals surface area contributed by atoms with Crippen molar-refractivity contribution in [2.75, 3.05) is 19.8 Å². The lowest BCUT2D eigenvalue weighted by Crippen LogP contribution is -2.28. The maximum absolute atomic E-state index is 11.5. The van der Waals surface area contributed by atoms with Crippen LogP contribution in [0.3, 0.4) is 0 Å². The molecule has 0 aromatic heterocycles. The van der Waals surface area contributed by atoms with E-state index in [-0.39, 0.29) is 5.91 Å². The van der Waals surface area contributed by atoms with Crippen LogP contribution in [-0.2, 0) is 16.0 Å². The lowest BCUT2D eigenvalue weighted by atomic mass is 10.1. The molecule has 0 fully saturated rings. The van der Waals surface area contributed by atoms with Crippen LogP contribution in [0.25, 0.3) is 0 Å². The maximum atomic E-state index is 11.5. The van der Waals surface area contributed by atoms with Crippen molar-refractivity contribution in [2.45, 2.75) is 13.3 Å². The summed E-state index contributed by atoms with van der Waals surface area (Å²) in [6.07, 6.45) is 0.418. The predicted octanol–water partition coefficient (Wildman–Crippen LogP) is 1.94. The van der Waals surface area contributed by atoms with E-state index in [0.29, 0.717) is 26.2 Å². The van der Waals surface area contributed by atoms with Crippen molar-refractivity contribution in [3.63, 3.8) is 0 Å². The Bertz CT molecular complexity index is 360. The summed E-state index contributed by atoms with van der Waals surface area (Å²) in [5.74, 6) is 0.0233. The molecule has 0 spiro atoms. The standard InChI is InChI=1S/C14H19NO2/c1-12(2)11-17-9-8-15-14(16)10-13-6-4-3-5-7-13/h3-7H,1,8-11H2,2H3,(H,15,16). The van der Waals surface area contributed by atoms with E-state index in [0.717, 1.165) is 11.1 Å². The van der Waals surface area contributed by atoms with Crippen LogP contribution in [0.2, 0.25) is 0 Å². The highest BCUT2D eigenvalue weighted by molar-refractivity contribution is 5.78. The average Bonchev–Trinajstić information content (AvgIpc) is 2.29. The Morgan fingerprint density at radius 3 is 2.71 bits per heavy atom. The van der Waals surface area contributed by atoms with E-state index in [2.05, 4.69) is 11.9 Å². The van der Waals surface area contributed by atoms with Crippen LogP contribution in [0.5, 0.6) is 0 Å². The summed E-state index contributed by atoms with van der Waals surface area (Å²) in [5.41, 5.74) is 2.01. The smallest absolute Gasteiger partial charge is 0.224 e. The van der Waals surface area contributed by atoms with Gasteiger partial charge in [0.05, 0.1) is 19.6 Å². The van der Waals surface area contributed by atoms with E-state index in [4.69, 9.17) is 4.74 Å². The fourth-order valence-corrected chi connectivity index (χ4v) is 1.35. The number of nitrogens with one attached hydrogen (secondary N) is 1. The molecular weight excluding hydrogens is 214 g/mol. The van der Waals surface area contributed by atoms with Gasteiger partial charge >= 0.3 is 0 Å². The van der Waals surface area contributed by atoms with Crippen molar-refractivity contribution < 1.29 is 9.53 Å². The van der Waals surface area contributed by atoms with Crippen molar-refractivity contribution in [1.29, 1.82) is 0 Å². The molecule has 1 N–H and O–H groups in total. The molecule has 0 heterocycles. The fraction of sp³-hybridized carbons (Fsp3) is 0.357. The highest BCUT2D eigenvalue weighted by Gasteiger charge is 2.01. The van der Waals surface area contributed by atoms with E-state index in [1.807, 2.05) is 37.3 Å². The Morgan fingerprint density at radius 2 is 2.06 bits per heavy atom. The van der Waals surface area contributed by atoms with E-state index in [1.54, 1.807) is 0 Å². The van der Waals surface area contributed by atoms with E-state index >= 15 is 0 Å². The van der Waals surface area contributed by atoms with E-state index < -0.39 is 0 Å². The summed E-state index contributed by atoms with van der Waals surface area (Å²) in [7, 11) is 0. The molecule has 1 amide bonds. The summed E-state index contributed by atoms with van der Waals surface area (Å²) >= 11 is 0. The zero-order valence-electron chi connectivity index (χ0n) is 10.2. The number of carbonyl (C=O) groups is 1. The Hall–Kier alpha value is -1.61. The minimum Gasteiger partial charge on any atom is -0.375 e. The monoisotopic (exact) mass is 233 g/mol. The molecule has 0 aliphatic heterocycles. The van der Waals surface area contributed by atoms with Crippen molar-refractivity contribution in [2.24, 2.45) is 0 Å². The molecule has 0 atom stereocenters. The summed E-state index contributed by atoms with van der Waals surface area (Å²) in [5, 5.41) is 2.81. The number of rotatable bonds is 7. The van der Waals surface area contributed by atoms with Crippen molar-refractivity contribution in [3.05, 3.63) is 48.0 Å². The second kappa shape index (κ2) is 7.63. The Morgan fingerprint density at radius 1 is 1.35 bits per heavy atom. The number of amides is 1. The molecule has 0 saturated carbocycles. The van der Waals surface area contributed by atoms with Gasteiger partial charge in [0.25, 0.3) is 0 Å². The van der Waals surface area contributed by atoms with E-state index in [1.165, 1.54) is 0 Å². The fourth-order valence-electron chi connectivity index (χ4n) is 1.35. The average molecular weight is 233 g/mol. The molecule has 92 valence electrons. The van der Waals surface area contributed by atoms with Crippen LogP contribution in [0.4, 0.5) is 0 Å². The van der Waals surface area contributed by atoms with Gasteiger partial charge in [-0.05, 0) is 12.5 Å². The lowest BCUT2D eigenvalue weighted by Gasteiger charge is -2.06. The first-order valence-corrected chi connectivity index (χ1v) is 5.71. The number of hydrogen-bond donors (Lipinski definition) is 1. The SMILES string of the molecule is C=C(C)COCCNC(=O)Cc1ccccc1. The third-order valence-electron chi connectivity index (χ3n) is 2.12. The van der Waals surface area contributed by atoms with Gasteiger partial charge in [-0.1, -0.05) is 42.5 Å². The first-order chi connectivity index (χ1) is 8.18. The summed E-state index contributed by atoms with van der Waals surface area (Å²) in [6.45, 7) is 7.25. The third-order valence-corrected chi connectivity index (χ3v) is 2.12. The van der Waals surface area contributed by atoms with Gasteiger partial charge in [-0.15, -0.1) is 0 Å². The van der Waals surface area contributed by atoms with Gasteiger partial charge in [-0.25, -0.2) is 0 Å². The number of hydrogen-bond acceptors (Lipinski definition) is 2. The summed E-state index contributed by atoms with van der Waals surface area (Å²) < 4.78 is 5.28. The molecule has 1 aromatic carbocycles. The second-order valence-corrected chi connectivity index (χ2v) is 4.02.